The minimum absolute atomic E-state index is 0.423. The average molecular weight is 319 g/mol. The zero-order chi connectivity index (χ0) is 16.2. The highest BCUT2D eigenvalue weighted by molar-refractivity contribution is 6.76. The van der Waals surface area contributed by atoms with Gasteiger partial charge in [-0.1, -0.05) is 26.2 Å². The quantitative estimate of drug-likeness (QED) is 0.422. The minimum atomic E-state index is -1.07. The molecule has 0 N–H and O–H groups in total. The number of aromatic nitrogens is 3. The molecule has 0 saturated heterocycles. The Labute approximate surface area is 133 Å². The predicted molar refractivity (Wildman–Crippen MR) is 92.3 cm³/mol. The van der Waals surface area contributed by atoms with E-state index in [1.165, 1.54) is 0 Å². The Morgan fingerprint density at radius 1 is 1.36 bits per heavy atom. The summed E-state index contributed by atoms with van der Waals surface area (Å²) in [5.74, 6) is 0.567. The van der Waals surface area contributed by atoms with Gasteiger partial charge >= 0.3 is 0 Å². The number of ether oxygens (including phenoxy) is 2. The Morgan fingerprint density at radius 3 is 2.82 bits per heavy atom. The first-order valence-electron chi connectivity index (χ1n) is 7.62. The predicted octanol–water partition coefficient (Wildman–Crippen LogP) is 3.75. The minimum Gasteiger partial charge on any atom is -0.492 e. The van der Waals surface area contributed by atoms with Gasteiger partial charge < -0.3 is 9.47 Å². The van der Waals surface area contributed by atoms with Crippen LogP contribution in [0.15, 0.2) is 25.0 Å². The molecule has 0 saturated carbocycles. The fraction of sp³-hybridized carbons (Fsp3) is 0.500. The zero-order valence-electron chi connectivity index (χ0n) is 13.9. The van der Waals surface area contributed by atoms with Crippen molar-refractivity contribution >= 4 is 24.7 Å². The molecule has 0 aliphatic rings. The SMILES string of the molecule is C=C(OCC)c1nccc2cnn(COCC[Si](C)(C)C)c12. The Bertz CT molecular complexity index is 646. The molecule has 0 aromatic carbocycles. The maximum absolute atomic E-state index is 5.79. The molecule has 0 bridgehead atoms. The normalized spacial score (nSPS) is 11.8. The summed E-state index contributed by atoms with van der Waals surface area (Å²) in [7, 11) is -1.07. The molecule has 0 amide bonds. The van der Waals surface area contributed by atoms with Crippen LogP contribution < -0.4 is 0 Å². The van der Waals surface area contributed by atoms with E-state index in [4.69, 9.17) is 9.47 Å². The van der Waals surface area contributed by atoms with E-state index >= 15 is 0 Å². The van der Waals surface area contributed by atoms with Crippen molar-refractivity contribution in [2.24, 2.45) is 0 Å². The second kappa shape index (κ2) is 7.06. The van der Waals surface area contributed by atoms with Crippen molar-refractivity contribution in [3.8, 4) is 0 Å². The second-order valence-corrected chi connectivity index (χ2v) is 12.1. The molecule has 2 heterocycles. The number of nitrogens with zero attached hydrogens (tertiary/aromatic N) is 3. The molecule has 2 aromatic rings. The van der Waals surface area contributed by atoms with Crippen LogP contribution >= 0.6 is 0 Å². The van der Waals surface area contributed by atoms with E-state index in [2.05, 4.69) is 36.3 Å². The van der Waals surface area contributed by atoms with Crippen molar-refractivity contribution in [1.82, 2.24) is 14.8 Å². The van der Waals surface area contributed by atoms with Crippen molar-refractivity contribution in [1.29, 1.82) is 0 Å². The van der Waals surface area contributed by atoms with E-state index in [1.807, 2.05) is 23.9 Å². The molecule has 0 aliphatic heterocycles. The van der Waals surface area contributed by atoms with Gasteiger partial charge in [-0.15, -0.1) is 0 Å². The first-order valence-corrected chi connectivity index (χ1v) is 11.3. The fourth-order valence-corrected chi connectivity index (χ4v) is 2.86. The Hall–Kier alpha value is -1.66. The van der Waals surface area contributed by atoms with Crippen LogP contribution in [0.2, 0.25) is 25.7 Å². The summed E-state index contributed by atoms with van der Waals surface area (Å²) >= 11 is 0. The molecule has 0 fully saturated rings. The molecular formula is C16H25N3O2Si. The van der Waals surface area contributed by atoms with Crippen molar-refractivity contribution < 1.29 is 9.47 Å². The van der Waals surface area contributed by atoms with Crippen molar-refractivity contribution in [3.05, 3.63) is 30.7 Å². The molecule has 120 valence electrons. The second-order valence-electron chi connectivity index (χ2n) is 6.45. The molecule has 0 unspecified atom stereocenters. The third kappa shape index (κ3) is 4.17. The molecule has 5 nitrogen and oxygen atoms in total. The van der Waals surface area contributed by atoms with Crippen LogP contribution in [0, 0.1) is 0 Å². The Morgan fingerprint density at radius 2 is 2.14 bits per heavy atom. The van der Waals surface area contributed by atoms with Crippen LogP contribution in [0.1, 0.15) is 12.6 Å². The molecule has 2 rings (SSSR count). The smallest absolute Gasteiger partial charge is 0.140 e. The molecule has 0 spiro atoms. The van der Waals surface area contributed by atoms with E-state index in [1.54, 1.807) is 6.20 Å². The maximum atomic E-state index is 5.79. The molecule has 0 radical (unpaired) electrons. The summed E-state index contributed by atoms with van der Waals surface area (Å²) in [5, 5.41) is 5.41. The highest BCUT2D eigenvalue weighted by Crippen LogP contribution is 2.22. The van der Waals surface area contributed by atoms with Gasteiger partial charge in [-0.05, 0) is 19.0 Å². The maximum Gasteiger partial charge on any atom is 0.140 e. The Balaban J connectivity index is 2.15. The molecule has 22 heavy (non-hydrogen) atoms. The number of rotatable bonds is 8. The van der Waals surface area contributed by atoms with Crippen LogP contribution in [-0.2, 0) is 16.2 Å². The van der Waals surface area contributed by atoms with Crippen LogP contribution in [-0.4, -0.2) is 36.1 Å². The van der Waals surface area contributed by atoms with E-state index in [-0.39, 0.29) is 0 Å². The van der Waals surface area contributed by atoms with Crippen molar-refractivity contribution in [2.45, 2.75) is 39.3 Å². The first-order chi connectivity index (χ1) is 10.4. The van der Waals surface area contributed by atoms with Crippen LogP contribution in [0.4, 0.5) is 0 Å². The van der Waals surface area contributed by atoms with E-state index in [0.717, 1.165) is 29.2 Å². The van der Waals surface area contributed by atoms with E-state index < -0.39 is 8.07 Å². The monoisotopic (exact) mass is 319 g/mol. The van der Waals surface area contributed by atoms with Gasteiger partial charge in [0.2, 0.25) is 0 Å². The number of pyridine rings is 1. The van der Waals surface area contributed by atoms with Gasteiger partial charge in [0, 0.05) is 26.3 Å². The summed E-state index contributed by atoms with van der Waals surface area (Å²) in [6.45, 7) is 14.7. The van der Waals surface area contributed by atoms with Crippen LogP contribution in [0.25, 0.3) is 16.7 Å². The van der Waals surface area contributed by atoms with E-state index in [0.29, 0.717) is 19.1 Å². The number of fused-ring (bicyclic) bond motifs is 1. The van der Waals surface area contributed by atoms with Gasteiger partial charge in [0.25, 0.3) is 0 Å². The fourth-order valence-electron chi connectivity index (χ4n) is 2.11. The summed E-state index contributed by atoms with van der Waals surface area (Å²) in [5.41, 5.74) is 1.64. The standard InChI is InChI=1S/C16H25N3O2Si/c1-6-21-13(2)15-16-14(7-8-17-15)11-18-19(16)12-20-9-10-22(3,4)5/h7-8,11H,2,6,9-10,12H2,1,3-5H3. The lowest BCUT2D eigenvalue weighted by atomic mass is 10.2. The van der Waals surface area contributed by atoms with Gasteiger partial charge in [0.05, 0.1) is 12.8 Å². The third-order valence-electron chi connectivity index (χ3n) is 3.34. The van der Waals surface area contributed by atoms with Crippen molar-refractivity contribution in [3.63, 3.8) is 0 Å². The zero-order valence-corrected chi connectivity index (χ0v) is 14.9. The summed E-state index contributed by atoms with van der Waals surface area (Å²) in [6, 6.07) is 3.08. The molecular weight excluding hydrogens is 294 g/mol. The summed E-state index contributed by atoms with van der Waals surface area (Å²) in [4.78, 5) is 4.39. The molecule has 6 heteroatoms. The van der Waals surface area contributed by atoms with Crippen molar-refractivity contribution in [2.75, 3.05) is 13.2 Å². The largest absolute Gasteiger partial charge is 0.492 e. The topological polar surface area (TPSA) is 49.2 Å². The highest BCUT2D eigenvalue weighted by atomic mass is 28.3. The summed E-state index contributed by atoms with van der Waals surface area (Å²) < 4.78 is 13.1. The Kier molecular flexibility index (Phi) is 5.36. The van der Waals surface area contributed by atoms with E-state index in [9.17, 15) is 0 Å². The molecule has 0 atom stereocenters. The number of hydrogen-bond donors (Lipinski definition) is 0. The lowest BCUT2D eigenvalue weighted by Gasteiger charge is -2.15. The summed E-state index contributed by atoms with van der Waals surface area (Å²) in [6.07, 6.45) is 3.57. The first kappa shape index (κ1) is 16.7. The molecule has 0 aliphatic carbocycles. The highest BCUT2D eigenvalue weighted by Gasteiger charge is 2.14. The van der Waals surface area contributed by atoms with Gasteiger partial charge in [0.1, 0.15) is 23.7 Å². The molecule has 2 aromatic heterocycles. The number of hydrogen-bond acceptors (Lipinski definition) is 4. The van der Waals surface area contributed by atoms with Crippen LogP contribution in [0.5, 0.6) is 0 Å². The van der Waals surface area contributed by atoms with Gasteiger partial charge in [-0.2, -0.15) is 5.10 Å². The lowest BCUT2D eigenvalue weighted by Crippen LogP contribution is -2.22. The van der Waals surface area contributed by atoms with Gasteiger partial charge in [0.15, 0.2) is 0 Å². The lowest BCUT2D eigenvalue weighted by molar-refractivity contribution is 0.0816. The van der Waals surface area contributed by atoms with Gasteiger partial charge in [-0.25, -0.2) is 4.68 Å². The average Bonchev–Trinajstić information content (AvgIpc) is 2.86. The van der Waals surface area contributed by atoms with Crippen LogP contribution in [0.3, 0.4) is 0 Å². The van der Waals surface area contributed by atoms with Gasteiger partial charge in [-0.3, -0.25) is 4.98 Å². The third-order valence-corrected chi connectivity index (χ3v) is 5.05.